The third-order valence-electron chi connectivity index (χ3n) is 4.47. The van der Waals surface area contributed by atoms with Gasteiger partial charge in [0.1, 0.15) is 24.3 Å². The summed E-state index contributed by atoms with van der Waals surface area (Å²) in [5, 5.41) is 28.7. The molecule has 154 valence electrons. The van der Waals surface area contributed by atoms with Crippen LogP contribution < -0.4 is 4.74 Å². The molecule has 2 rings (SSSR count). The maximum Gasteiger partial charge on any atom is 0.303 e. The van der Waals surface area contributed by atoms with Gasteiger partial charge in [-0.2, -0.15) is 0 Å². The van der Waals surface area contributed by atoms with Crippen LogP contribution in [0.2, 0.25) is 0 Å². The fourth-order valence-corrected chi connectivity index (χ4v) is 2.91. The quantitative estimate of drug-likeness (QED) is 0.395. The summed E-state index contributed by atoms with van der Waals surface area (Å²) in [6, 6.07) is 5.54. The smallest absolute Gasteiger partial charge is 0.303 e. The summed E-state index contributed by atoms with van der Waals surface area (Å²) in [5.74, 6) is -0.823. The van der Waals surface area contributed by atoms with Crippen molar-refractivity contribution in [2.45, 2.75) is 44.0 Å². The summed E-state index contributed by atoms with van der Waals surface area (Å²) in [6.07, 6.45) is 7.36. The van der Waals surface area contributed by atoms with Crippen LogP contribution in [-0.2, 0) is 9.53 Å². The van der Waals surface area contributed by atoms with E-state index in [1.54, 1.807) is 12.2 Å². The van der Waals surface area contributed by atoms with Gasteiger partial charge in [0.15, 0.2) is 0 Å². The zero-order valence-corrected chi connectivity index (χ0v) is 15.6. The standard InChI is InChI=1S/C21H27FO6/c22-15-7-10-17(11-8-15)27-13-16(23)9-12-20-18(19(24)14-28-20)5-3-1-2-4-6-21(25)26/h1,3,7-12,16,18-20,23-24H,2,4-6,13-14H2,(H,25,26)/t16-,18+,19+,20-/m1/s1. The number of aliphatic hydroxyl groups is 2. The van der Waals surface area contributed by atoms with E-state index in [-0.39, 0.29) is 37.5 Å². The van der Waals surface area contributed by atoms with E-state index in [0.717, 1.165) is 0 Å². The number of carbonyl (C=O) groups is 1. The van der Waals surface area contributed by atoms with Gasteiger partial charge in [0.2, 0.25) is 0 Å². The number of hydrogen-bond acceptors (Lipinski definition) is 5. The van der Waals surface area contributed by atoms with Crippen molar-refractivity contribution in [3.8, 4) is 5.75 Å². The molecule has 6 nitrogen and oxygen atoms in total. The Morgan fingerprint density at radius 3 is 2.79 bits per heavy atom. The van der Waals surface area contributed by atoms with Crippen LogP contribution in [0.4, 0.5) is 4.39 Å². The number of ether oxygens (including phenoxy) is 2. The molecule has 0 unspecified atom stereocenters. The predicted molar refractivity (Wildman–Crippen MR) is 102 cm³/mol. The number of aliphatic carboxylic acids is 1. The predicted octanol–water partition coefficient (Wildman–Crippen LogP) is 2.70. The van der Waals surface area contributed by atoms with Gasteiger partial charge in [0, 0.05) is 12.3 Å². The first-order valence-corrected chi connectivity index (χ1v) is 9.37. The average molecular weight is 394 g/mol. The topological polar surface area (TPSA) is 96.2 Å². The molecule has 0 aliphatic carbocycles. The van der Waals surface area contributed by atoms with Crippen LogP contribution >= 0.6 is 0 Å². The van der Waals surface area contributed by atoms with Gasteiger partial charge in [-0.15, -0.1) is 0 Å². The molecule has 0 spiro atoms. The maximum atomic E-state index is 12.9. The molecule has 1 fully saturated rings. The molecular formula is C21H27FO6. The molecule has 1 aromatic rings. The van der Waals surface area contributed by atoms with Gasteiger partial charge in [-0.25, -0.2) is 4.39 Å². The van der Waals surface area contributed by atoms with Crippen LogP contribution in [0.5, 0.6) is 5.75 Å². The molecule has 0 radical (unpaired) electrons. The zero-order chi connectivity index (χ0) is 20.4. The SMILES string of the molecule is O=C(O)CCCC=CC[C@H]1[C@@H](O)CO[C@@H]1C=C[C@@H](O)COc1ccc(F)cc1. The minimum Gasteiger partial charge on any atom is -0.491 e. The first-order valence-electron chi connectivity index (χ1n) is 9.37. The van der Waals surface area contributed by atoms with E-state index in [1.165, 1.54) is 24.3 Å². The molecule has 7 heteroatoms. The van der Waals surface area contributed by atoms with E-state index in [1.807, 2.05) is 12.2 Å². The fourth-order valence-electron chi connectivity index (χ4n) is 2.91. The van der Waals surface area contributed by atoms with Crippen LogP contribution in [0.3, 0.4) is 0 Å². The number of allylic oxidation sites excluding steroid dienone is 2. The molecule has 4 atom stereocenters. The van der Waals surface area contributed by atoms with Crippen molar-refractivity contribution < 1.29 is 34.0 Å². The third kappa shape index (κ3) is 7.80. The summed E-state index contributed by atoms with van der Waals surface area (Å²) < 4.78 is 23.8. The number of rotatable bonds is 11. The van der Waals surface area contributed by atoms with Crippen molar-refractivity contribution in [2.75, 3.05) is 13.2 Å². The van der Waals surface area contributed by atoms with Crippen molar-refractivity contribution in [3.05, 3.63) is 54.4 Å². The van der Waals surface area contributed by atoms with Crippen LogP contribution in [0, 0.1) is 11.7 Å². The summed E-state index contributed by atoms with van der Waals surface area (Å²) >= 11 is 0. The fraction of sp³-hybridized carbons (Fsp3) is 0.476. The van der Waals surface area contributed by atoms with Gasteiger partial charge in [-0.05, 0) is 43.5 Å². The molecule has 28 heavy (non-hydrogen) atoms. The minimum absolute atomic E-state index is 0.0194. The molecule has 1 aliphatic heterocycles. The minimum atomic E-state index is -0.862. The van der Waals surface area contributed by atoms with Crippen molar-refractivity contribution in [1.29, 1.82) is 0 Å². The first kappa shape index (κ1) is 22.1. The summed E-state index contributed by atoms with van der Waals surface area (Å²) in [4.78, 5) is 10.5. The van der Waals surface area contributed by atoms with Crippen LogP contribution in [0.25, 0.3) is 0 Å². The van der Waals surface area contributed by atoms with Crippen LogP contribution in [0.15, 0.2) is 48.6 Å². The van der Waals surface area contributed by atoms with Crippen LogP contribution in [0.1, 0.15) is 25.7 Å². The van der Waals surface area contributed by atoms with Crippen molar-refractivity contribution in [3.63, 3.8) is 0 Å². The summed E-state index contributed by atoms with van der Waals surface area (Å²) in [7, 11) is 0. The van der Waals surface area contributed by atoms with Crippen molar-refractivity contribution >= 4 is 5.97 Å². The highest BCUT2D eigenvalue weighted by Crippen LogP contribution is 2.26. The van der Waals surface area contributed by atoms with Gasteiger partial charge in [-0.1, -0.05) is 24.3 Å². The number of aliphatic hydroxyl groups excluding tert-OH is 2. The molecule has 0 aromatic heterocycles. The van der Waals surface area contributed by atoms with Crippen molar-refractivity contribution in [2.24, 2.45) is 5.92 Å². The van der Waals surface area contributed by atoms with E-state index in [4.69, 9.17) is 14.6 Å². The van der Waals surface area contributed by atoms with E-state index >= 15 is 0 Å². The van der Waals surface area contributed by atoms with E-state index < -0.39 is 18.2 Å². The molecule has 0 amide bonds. The molecule has 1 aliphatic rings. The Morgan fingerprint density at radius 1 is 1.32 bits per heavy atom. The van der Waals surface area contributed by atoms with Crippen LogP contribution in [-0.4, -0.2) is 52.8 Å². The van der Waals surface area contributed by atoms with E-state index in [9.17, 15) is 19.4 Å². The Hall–Kier alpha value is -2.22. The molecule has 1 heterocycles. The van der Waals surface area contributed by atoms with E-state index in [0.29, 0.717) is 25.0 Å². The lowest BCUT2D eigenvalue weighted by Gasteiger charge is -2.16. The summed E-state index contributed by atoms with van der Waals surface area (Å²) in [5.41, 5.74) is 0. The maximum absolute atomic E-state index is 12.9. The number of carboxylic acid groups (broad SMARTS) is 1. The average Bonchev–Trinajstić information content (AvgIpc) is 3.02. The number of unbranched alkanes of at least 4 members (excludes halogenated alkanes) is 1. The molecule has 0 saturated carbocycles. The van der Waals surface area contributed by atoms with Gasteiger partial charge < -0.3 is 24.8 Å². The van der Waals surface area contributed by atoms with Gasteiger partial charge in [0.05, 0.1) is 18.8 Å². The number of halogens is 1. The van der Waals surface area contributed by atoms with E-state index in [2.05, 4.69) is 0 Å². The lowest BCUT2D eigenvalue weighted by atomic mass is 9.94. The Labute approximate surface area is 163 Å². The second-order valence-electron chi connectivity index (χ2n) is 6.74. The molecule has 3 N–H and O–H groups in total. The number of carboxylic acids is 1. The van der Waals surface area contributed by atoms with Gasteiger partial charge >= 0.3 is 5.97 Å². The molecule has 1 aromatic carbocycles. The highest BCUT2D eigenvalue weighted by Gasteiger charge is 2.33. The second kappa shape index (κ2) is 11.6. The lowest BCUT2D eigenvalue weighted by Crippen LogP contribution is -2.23. The highest BCUT2D eigenvalue weighted by atomic mass is 19.1. The summed E-state index contributed by atoms with van der Waals surface area (Å²) in [6.45, 7) is 0.250. The largest absolute Gasteiger partial charge is 0.491 e. The zero-order valence-electron chi connectivity index (χ0n) is 15.6. The third-order valence-corrected chi connectivity index (χ3v) is 4.47. The first-order chi connectivity index (χ1) is 13.5. The number of benzene rings is 1. The Morgan fingerprint density at radius 2 is 2.07 bits per heavy atom. The number of hydrogen-bond donors (Lipinski definition) is 3. The molecule has 0 bridgehead atoms. The normalized spacial score (nSPS) is 23.5. The Balaban J connectivity index is 1.75. The molecule has 1 saturated heterocycles. The Kier molecular flexibility index (Phi) is 9.13. The van der Waals surface area contributed by atoms with Gasteiger partial charge in [0.25, 0.3) is 0 Å². The lowest BCUT2D eigenvalue weighted by molar-refractivity contribution is -0.137. The molecular weight excluding hydrogens is 367 g/mol. The monoisotopic (exact) mass is 394 g/mol. The highest BCUT2D eigenvalue weighted by molar-refractivity contribution is 5.66. The second-order valence-corrected chi connectivity index (χ2v) is 6.74. The van der Waals surface area contributed by atoms with Crippen molar-refractivity contribution in [1.82, 2.24) is 0 Å². The van der Waals surface area contributed by atoms with Gasteiger partial charge in [-0.3, -0.25) is 4.79 Å². The Bertz CT molecular complexity index is 657.